The van der Waals surface area contributed by atoms with Crippen LogP contribution in [0.15, 0.2) is 0 Å². The highest BCUT2D eigenvalue weighted by molar-refractivity contribution is 9.10. The van der Waals surface area contributed by atoms with Crippen molar-refractivity contribution in [2.45, 2.75) is 46.0 Å². The molecule has 0 heterocycles. The summed E-state index contributed by atoms with van der Waals surface area (Å²) in [4.78, 5) is 0. The predicted octanol–water partition coefficient (Wildman–Crippen LogP) is 5.51. The maximum absolute atomic E-state index is 13.8. The Hall–Kier alpha value is -0.570. The van der Waals surface area contributed by atoms with Crippen LogP contribution in [0.1, 0.15) is 0 Å². The standard InChI is InChI=1S/C8BrF15/c9-1(3(11,12)6(17,18)4(1,13)14)2(10,7(19,20)21)5(15,16)8(22,23)24. The van der Waals surface area contributed by atoms with E-state index in [9.17, 15) is 65.9 Å². The van der Waals surface area contributed by atoms with E-state index in [4.69, 9.17) is 0 Å². The Morgan fingerprint density at radius 2 is 0.792 bits per heavy atom. The first-order chi connectivity index (χ1) is 10.0. The van der Waals surface area contributed by atoms with Crippen molar-refractivity contribution in [3.63, 3.8) is 0 Å². The molecule has 0 aliphatic heterocycles. The highest BCUT2D eigenvalue weighted by atomic mass is 79.9. The Balaban J connectivity index is 3.92. The van der Waals surface area contributed by atoms with Crippen LogP contribution >= 0.6 is 15.9 Å². The summed E-state index contributed by atoms with van der Waals surface area (Å²) in [6, 6.07) is 0. The summed E-state index contributed by atoms with van der Waals surface area (Å²) in [7, 11) is 0. The van der Waals surface area contributed by atoms with Gasteiger partial charge in [-0.25, -0.2) is 4.39 Å². The number of rotatable bonds is 2. The van der Waals surface area contributed by atoms with Crippen molar-refractivity contribution in [1.82, 2.24) is 0 Å². The normalized spacial score (nSPS) is 28.0. The molecule has 0 nitrogen and oxygen atoms in total. The number of hydrogen-bond acceptors (Lipinski definition) is 0. The minimum atomic E-state index is -7.94. The first-order valence-electron chi connectivity index (χ1n) is 5.02. The minimum absolute atomic E-state index is 0.418. The van der Waals surface area contributed by atoms with Crippen molar-refractivity contribution in [1.29, 1.82) is 0 Å². The summed E-state index contributed by atoms with van der Waals surface area (Å²) in [5, 5.41) is 0. The molecule has 1 aliphatic carbocycles. The lowest BCUT2D eigenvalue weighted by atomic mass is 9.61. The summed E-state index contributed by atoms with van der Waals surface area (Å²) in [5.74, 6) is -28.7. The van der Waals surface area contributed by atoms with E-state index in [1.54, 1.807) is 0 Å². The molecule has 24 heavy (non-hydrogen) atoms. The Bertz CT molecular complexity index is 509. The lowest BCUT2D eigenvalue weighted by Gasteiger charge is -2.61. The van der Waals surface area contributed by atoms with E-state index in [-0.39, 0.29) is 0 Å². The van der Waals surface area contributed by atoms with E-state index < -0.39 is 46.0 Å². The maximum Gasteiger partial charge on any atom is 0.457 e. The molecule has 1 rings (SSSR count). The molecule has 0 aromatic heterocycles. The molecule has 1 unspecified atom stereocenters. The van der Waals surface area contributed by atoms with Crippen LogP contribution in [0.5, 0.6) is 0 Å². The van der Waals surface area contributed by atoms with Gasteiger partial charge in [0.25, 0.3) is 0 Å². The zero-order valence-corrected chi connectivity index (χ0v) is 11.6. The van der Waals surface area contributed by atoms with E-state index in [2.05, 4.69) is 0 Å². The molecule has 16 heteroatoms. The third-order valence-corrected chi connectivity index (χ3v) is 4.85. The first-order valence-corrected chi connectivity index (χ1v) is 5.82. The summed E-state index contributed by atoms with van der Waals surface area (Å²) in [6.07, 6.45) is -15.4. The smallest absolute Gasteiger partial charge is 0.224 e. The van der Waals surface area contributed by atoms with Gasteiger partial charge in [-0.15, -0.1) is 0 Å². The number of hydrogen-bond donors (Lipinski definition) is 0. The Morgan fingerprint density at radius 1 is 0.500 bits per heavy atom. The fourth-order valence-electron chi connectivity index (χ4n) is 1.98. The second kappa shape index (κ2) is 4.58. The lowest BCUT2D eigenvalue weighted by molar-refractivity contribution is -0.484. The zero-order chi connectivity index (χ0) is 20.0. The molecule has 1 aliphatic rings. The van der Waals surface area contributed by atoms with Gasteiger partial charge >= 0.3 is 41.7 Å². The van der Waals surface area contributed by atoms with Gasteiger partial charge in [0.15, 0.2) is 0 Å². The Kier molecular flexibility index (Phi) is 4.10. The summed E-state index contributed by atoms with van der Waals surface area (Å²) in [5.41, 5.74) is -7.85. The average Bonchev–Trinajstić information content (AvgIpc) is 2.32. The molecule has 0 aromatic rings. The second-order valence-electron chi connectivity index (χ2n) is 4.61. The van der Waals surface area contributed by atoms with Crippen LogP contribution in [0.3, 0.4) is 0 Å². The van der Waals surface area contributed by atoms with Crippen molar-refractivity contribution >= 4 is 15.9 Å². The van der Waals surface area contributed by atoms with Crippen LogP contribution in [-0.2, 0) is 0 Å². The van der Waals surface area contributed by atoms with Gasteiger partial charge in [0.05, 0.1) is 0 Å². The third kappa shape index (κ3) is 1.75. The quantitative estimate of drug-likeness (QED) is 0.376. The van der Waals surface area contributed by atoms with Crippen LogP contribution in [0.2, 0.25) is 0 Å². The molecule has 1 atom stereocenters. The summed E-state index contributed by atoms with van der Waals surface area (Å²) >= 11 is 0.418. The summed E-state index contributed by atoms with van der Waals surface area (Å²) < 4.78 is 184. The monoisotopic (exact) mass is 460 g/mol. The molecule has 0 saturated heterocycles. The topological polar surface area (TPSA) is 0 Å². The second-order valence-corrected chi connectivity index (χ2v) is 5.80. The van der Waals surface area contributed by atoms with Gasteiger partial charge in [-0.1, -0.05) is 15.9 Å². The fraction of sp³-hybridized carbons (Fsp3) is 1.00. The molecular formula is C8BrF15. The molecule has 0 aromatic carbocycles. The molecule has 0 amide bonds. The molecular weight excluding hydrogens is 461 g/mol. The molecule has 0 bridgehead atoms. The van der Waals surface area contributed by atoms with Gasteiger partial charge in [0.2, 0.25) is 4.32 Å². The first kappa shape index (κ1) is 21.5. The van der Waals surface area contributed by atoms with Crippen LogP contribution in [-0.4, -0.2) is 46.0 Å². The van der Waals surface area contributed by atoms with Gasteiger partial charge in [0.1, 0.15) is 0 Å². The van der Waals surface area contributed by atoms with E-state index in [1.165, 1.54) is 0 Å². The third-order valence-electron chi connectivity index (χ3n) is 3.31. The molecule has 144 valence electrons. The van der Waals surface area contributed by atoms with Crippen LogP contribution in [0.25, 0.3) is 0 Å². The van der Waals surface area contributed by atoms with Crippen LogP contribution < -0.4 is 0 Å². The fourth-order valence-corrected chi connectivity index (χ4v) is 2.95. The van der Waals surface area contributed by atoms with Crippen molar-refractivity contribution in [2.24, 2.45) is 0 Å². The van der Waals surface area contributed by atoms with Gasteiger partial charge in [-0.3, -0.25) is 0 Å². The van der Waals surface area contributed by atoms with Crippen molar-refractivity contribution in [3.8, 4) is 0 Å². The van der Waals surface area contributed by atoms with Crippen LogP contribution in [0.4, 0.5) is 65.9 Å². The van der Waals surface area contributed by atoms with E-state index in [1.807, 2.05) is 0 Å². The Morgan fingerprint density at radius 3 is 1.00 bits per heavy atom. The molecule has 1 fully saturated rings. The molecule has 0 radical (unpaired) electrons. The van der Waals surface area contributed by atoms with Crippen LogP contribution in [0, 0.1) is 0 Å². The molecule has 0 N–H and O–H groups in total. The SMILES string of the molecule is FC(F)(F)C(F)(F)C(F)(C(F)(F)F)C1(Br)C(F)(F)C(F)(F)C1(F)F. The predicted molar refractivity (Wildman–Crippen MR) is 47.4 cm³/mol. The zero-order valence-electron chi connectivity index (χ0n) is 10.0. The summed E-state index contributed by atoms with van der Waals surface area (Å²) in [6.45, 7) is 0. The Labute approximate surface area is 129 Å². The average molecular weight is 461 g/mol. The van der Waals surface area contributed by atoms with Gasteiger partial charge in [0, 0.05) is 0 Å². The largest absolute Gasteiger partial charge is 0.457 e. The molecule has 1 saturated carbocycles. The lowest BCUT2D eigenvalue weighted by Crippen LogP contribution is -2.93. The highest BCUT2D eigenvalue weighted by Crippen LogP contribution is 2.78. The molecule has 0 spiro atoms. The van der Waals surface area contributed by atoms with Gasteiger partial charge in [-0.2, -0.15) is 61.5 Å². The van der Waals surface area contributed by atoms with Crippen molar-refractivity contribution < 1.29 is 65.9 Å². The van der Waals surface area contributed by atoms with E-state index >= 15 is 0 Å². The minimum Gasteiger partial charge on any atom is -0.224 e. The van der Waals surface area contributed by atoms with Gasteiger partial charge in [-0.05, 0) is 0 Å². The van der Waals surface area contributed by atoms with Crippen molar-refractivity contribution in [2.75, 3.05) is 0 Å². The highest BCUT2D eigenvalue weighted by Gasteiger charge is 3.09. The van der Waals surface area contributed by atoms with Gasteiger partial charge < -0.3 is 0 Å². The number of alkyl halides is 16. The maximum atomic E-state index is 13.8. The van der Waals surface area contributed by atoms with E-state index in [0.717, 1.165) is 0 Å². The van der Waals surface area contributed by atoms with Crippen molar-refractivity contribution in [3.05, 3.63) is 0 Å². The number of halogens is 16. The van der Waals surface area contributed by atoms with E-state index in [0.29, 0.717) is 15.9 Å².